The van der Waals surface area contributed by atoms with Gasteiger partial charge < -0.3 is 5.73 Å². The van der Waals surface area contributed by atoms with E-state index >= 15 is 0 Å². The lowest BCUT2D eigenvalue weighted by Gasteiger charge is -2.32. The Morgan fingerprint density at radius 1 is 1.26 bits per heavy atom. The largest absolute Gasteiger partial charge is 0.351 e. The normalized spacial score (nSPS) is 15.4. The van der Waals surface area contributed by atoms with E-state index in [-0.39, 0.29) is 0 Å². The van der Waals surface area contributed by atoms with Gasteiger partial charge in [-0.05, 0) is 37.4 Å². The molecule has 0 bridgehead atoms. The second-order valence-electron chi connectivity index (χ2n) is 7.71. The maximum atomic E-state index is 12.3. The molecule has 0 radical (unpaired) electrons. The highest BCUT2D eigenvalue weighted by atomic mass is 32.1. The minimum atomic E-state index is -0.493. The quantitative estimate of drug-likeness (QED) is 0.738. The number of rotatable bonds is 6. The van der Waals surface area contributed by atoms with Crippen LogP contribution in [0.5, 0.6) is 0 Å². The molecular formula is C21H30N4OS. The van der Waals surface area contributed by atoms with E-state index in [1.807, 2.05) is 24.4 Å². The number of amides is 2. The van der Waals surface area contributed by atoms with E-state index in [1.54, 1.807) is 4.90 Å². The maximum absolute atomic E-state index is 12.3. The van der Waals surface area contributed by atoms with E-state index in [2.05, 4.69) is 36.8 Å². The van der Waals surface area contributed by atoms with Crippen molar-refractivity contribution in [2.45, 2.75) is 64.5 Å². The van der Waals surface area contributed by atoms with Crippen LogP contribution >= 0.6 is 11.3 Å². The van der Waals surface area contributed by atoms with Crippen LogP contribution in [0.4, 0.5) is 15.6 Å². The molecule has 1 heterocycles. The molecule has 1 aromatic carbocycles. The number of hydrogen-bond donors (Lipinski definition) is 1. The highest BCUT2D eigenvalue weighted by molar-refractivity contribution is 7.15. The SMILES string of the molecule is CC(C)c1cnc(N(C(N)=O)c2ccccc2CN(C)C2CCCCC2)s1. The molecule has 146 valence electrons. The topological polar surface area (TPSA) is 62.5 Å². The first-order chi connectivity index (χ1) is 13.0. The highest BCUT2D eigenvalue weighted by Crippen LogP contribution is 2.35. The number of nitrogens with zero attached hydrogens (tertiary/aromatic N) is 3. The second kappa shape index (κ2) is 8.85. The van der Waals surface area contributed by atoms with Gasteiger partial charge in [0.05, 0.1) is 5.69 Å². The number of anilines is 2. The summed E-state index contributed by atoms with van der Waals surface area (Å²) in [7, 11) is 2.18. The molecule has 1 fully saturated rings. The van der Waals surface area contributed by atoms with Crippen LogP contribution in [0.2, 0.25) is 0 Å². The molecule has 2 aromatic rings. The summed E-state index contributed by atoms with van der Waals surface area (Å²) >= 11 is 1.53. The third-order valence-corrected chi connectivity index (χ3v) is 6.63. The van der Waals surface area contributed by atoms with E-state index in [0.29, 0.717) is 17.1 Å². The van der Waals surface area contributed by atoms with Gasteiger partial charge in [0.2, 0.25) is 0 Å². The Kier molecular flexibility index (Phi) is 6.50. The first-order valence-electron chi connectivity index (χ1n) is 9.80. The van der Waals surface area contributed by atoms with Gasteiger partial charge in [0.1, 0.15) is 0 Å². The van der Waals surface area contributed by atoms with Crippen LogP contribution in [0.1, 0.15) is 62.3 Å². The van der Waals surface area contributed by atoms with Gasteiger partial charge in [-0.2, -0.15) is 0 Å². The Bertz CT molecular complexity index is 767. The zero-order chi connectivity index (χ0) is 19.4. The Morgan fingerprint density at radius 2 is 1.96 bits per heavy atom. The summed E-state index contributed by atoms with van der Waals surface area (Å²) in [5, 5.41) is 0.638. The summed E-state index contributed by atoms with van der Waals surface area (Å²) < 4.78 is 0. The average molecular weight is 387 g/mol. The molecular weight excluding hydrogens is 356 g/mol. The number of urea groups is 1. The molecule has 0 unspecified atom stereocenters. The second-order valence-corrected chi connectivity index (χ2v) is 8.75. The summed E-state index contributed by atoms with van der Waals surface area (Å²) in [5.41, 5.74) is 7.70. The molecule has 0 spiro atoms. The van der Waals surface area contributed by atoms with Gasteiger partial charge in [0.25, 0.3) is 0 Å². The zero-order valence-corrected chi connectivity index (χ0v) is 17.3. The van der Waals surface area contributed by atoms with Crippen molar-refractivity contribution in [3.8, 4) is 0 Å². The van der Waals surface area contributed by atoms with Gasteiger partial charge in [-0.25, -0.2) is 14.7 Å². The van der Waals surface area contributed by atoms with E-state index in [0.717, 1.165) is 22.7 Å². The van der Waals surface area contributed by atoms with E-state index < -0.39 is 6.03 Å². The van der Waals surface area contributed by atoms with Crippen molar-refractivity contribution in [3.05, 3.63) is 40.9 Å². The Hall–Kier alpha value is -1.92. The zero-order valence-electron chi connectivity index (χ0n) is 16.5. The first kappa shape index (κ1) is 19.8. The van der Waals surface area contributed by atoms with Crippen molar-refractivity contribution in [1.29, 1.82) is 0 Å². The molecule has 1 saturated carbocycles. The van der Waals surface area contributed by atoms with Gasteiger partial charge in [-0.15, -0.1) is 11.3 Å². The predicted molar refractivity (Wildman–Crippen MR) is 113 cm³/mol. The third-order valence-electron chi connectivity index (χ3n) is 5.34. The number of para-hydroxylation sites is 1. The van der Waals surface area contributed by atoms with Crippen LogP contribution in [-0.2, 0) is 6.54 Å². The molecule has 2 amide bonds. The summed E-state index contributed by atoms with van der Waals surface area (Å²) in [5.74, 6) is 0.374. The van der Waals surface area contributed by atoms with Gasteiger partial charge >= 0.3 is 6.03 Å². The Balaban J connectivity index is 1.88. The summed E-state index contributed by atoms with van der Waals surface area (Å²) in [6.45, 7) is 5.05. The molecule has 2 N–H and O–H groups in total. The van der Waals surface area contributed by atoms with Crippen LogP contribution < -0.4 is 10.6 Å². The van der Waals surface area contributed by atoms with Crippen LogP contribution in [0.25, 0.3) is 0 Å². The number of carbonyl (C=O) groups is 1. The molecule has 1 aliphatic rings. The van der Waals surface area contributed by atoms with Crippen LogP contribution in [0, 0.1) is 0 Å². The van der Waals surface area contributed by atoms with Crippen molar-refractivity contribution in [2.24, 2.45) is 5.73 Å². The Labute approximate surface area is 166 Å². The van der Waals surface area contributed by atoms with Crippen molar-refractivity contribution < 1.29 is 4.79 Å². The fraction of sp³-hybridized carbons (Fsp3) is 0.524. The number of carbonyl (C=O) groups excluding carboxylic acids is 1. The lowest BCUT2D eigenvalue weighted by atomic mass is 9.94. The molecule has 0 atom stereocenters. The summed E-state index contributed by atoms with van der Waals surface area (Å²) in [6, 6.07) is 8.14. The van der Waals surface area contributed by atoms with E-state index in [1.165, 1.54) is 43.4 Å². The standard InChI is InChI=1S/C21H30N4OS/c1-15(2)19-13-23-21(27-19)25(20(22)26)18-12-8-7-9-16(18)14-24(3)17-10-5-4-6-11-17/h7-9,12-13,15,17H,4-6,10-11,14H2,1-3H3,(H2,22,26). The number of thiazole rings is 1. The maximum Gasteiger partial charge on any atom is 0.325 e. The molecule has 1 aliphatic carbocycles. The smallest absolute Gasteiger partial charge is 0.325 e. The molecule has 5 nitrogen and oxygen atoms in total. The molecule has 27 heavy (non-hydrogen) atoms. The van der Waals surface area contributed by atoms with Crippen molar-refractivity contribution >= 4 is 28.2 Å². The molecule has 6 heteroatoms. The Morgan fingerprint density at radius 3 is 2.59 bits per heavy atom. The number of aromatic nitrogens is 1. The molecule has 1 aromatic heterocycles. The summed E-state index contributed by atoms with van der Waals surface area (Å²) in [4.78, 5) is 21.9. The molecule has 0 saturated heterocycles. The van der Waals surface area contributed by atoms with Crippen molar-refractivity contribution in [2.75, 3.05) is 11.9 Å². The number of benzene rings is 1. The average Bonchev–Trinajstić information content (AvgIpc) is 3.13. The monoisotopic (exact) mass is 386 g/mol. The fourth-order valence-electron chi connectivity index (χ4n) is 3.75. The predicted octanol–water partition coefficient (Wildman–Crippen LogP) is 5.25. The summed E-state index contributed by atoms with van der Waals surface area (Å²) in [6.07, 6.45) is 8.31. The lowest BCUT2D eigenvalue weighted by Crippen LogP contribution is -2.35. The highest BCUT2D eigenvalue weighted by Gasteiger charge is 2.24. The van der Waals surface area contributed by atoms with Crippen molar-refractivity contribution in [3.63, 3.8) is 0 Å². The fourth-order valence-corrected chi connectivity index (χ4v) is 4.68. The van der Waals surface area contributed by atoms with Crippen LogP contribution in [-0.4, -0.2) is 29.0 Å². The minimum absolute atomic E-state index is 0.374. The first-order valence-corrected chi connectivity index (χ1v) is 10.6. The number of primary amides is 1. The van der Waals surface area contributed by atoms with Gasteiger partial charge in [-0.3, -0.25) is 4.90 Å². The van der Waals surface area contributed by atoms with Crippen LogP contribution in [0.3, 0.4) is 0 Å². The van der Waals surface area contributed by atoms with E-state index in [4.69, 9.17) is 5.73 Å². The van der Waals surface area contributed by atoms with Gasteiger partial charge in [0, 0.05) is 23.7 Å². The lowest BCUT2D eigenvalue weighted by molar-refractivity contribution is 0.185. The minimum Gasteiger partial charge on any atom is -0.351 e. The van der Waals surface area contributed by atoms with Crippen LogP contribution in [0.15, 0.2) is 30.5 Å². The van der Waals surface area contributed by atoms with E-state index in [9.17, 15) is 4.79 Å². The van der Waals surface area contributed by atoms with Gasteiger partial charge in [0.15, 0.2) is 5.13 Å². The number of nitrogens with two attached hydrogens (primary N) is 1. The number of hydrogen-bond acceptors (Lipinski definition) is 4. The third kappa shape index (κ3) is 4.68. The van der Waals surface area contributed by atoms with Crippen molar-refractivity contribution in [1.82, 2.24) is 9.88 Å². The van der Waals surface area contributed by atoms with Gasteiger partial charge in [-0.1, -0.05) is 51.3 Å². The molecule has 0 aliphatic heterocycles. The molecule has 3 rings (SSSR count).